The lowest BCUT2D eigenvalue weighted by atomic mass is 10.0. The van der Waals surface area contributed by atoms with Gasteiger partial charge in [-0.15, -0.1) is 0 Å². The smallest absolute Gasteiger partial charge is 0.251 e. The van der Waals surface area contributed by atoms with Crippen LogP contribution in [0.3, 0.4) is 0 Å². The molecule has 0 bridgehead atoms. The summed E-state index contributed by atoms with van der Waals surface area (Å²) in [5, 5.41) is 19.5. The number of hydrogen-bond acceptors (Lipinski definition) is 6. The number of H-pyrrole nitrogens is 2. The van der Waals surface area contributed by atoms with Crippen LogP contribution >= 0.6 is 0 Å². The van der Waals surface area contributed by atoms with Crippen LogP contribution < -0.4 is 0 Å². The van der Waals surface area contributed by atoms with E-state index in [-0.39, 0.29) is 23.9 Å². The van der Waals surface area contributed by atoms with E-state index in [1.165, 1.54) is 13.8 Å². The molecule has 2 aliphatic rings. The van der Waals surface area contributed by atoms with Gasteiger partial charge in [-0.1, -0.05) is 48.5 Å². The molecule has 2 amide bonds. The number of nitrogens with one attached hydrogen (secondary N) is 2. The molecule has 4 N–H and O–H groups in total. The fraction of sp³-hybridized carbons (Fsp3) is 0.375. The molecule has 0 spiro atoms. The van der Waals surface area contributed by atoms with Gasteiger partial charge in [0.2, 0.25) is 0 Å². The molecular formula is C32H36N6O4. The number of carbonyl (C=O) groups excluding carboxylic acids is 2. The number of imidazole rings is 2. The molecule has 10 heteroatoms. The van der Waals surface area contributed by atoms with Crippen molar-refractivity contribution in [2.45, 2.75) is 63.8 Å². The summed E-state index contributed by atoms with van der Waals surface area (Å²) < 4.78 is 0. The van der Waals surface area contributed by atoms with Crippen molar-refractivity contribution in [1.82, 2.24) is 29.7 Å². The molecule has 0 radical (unpaired) electrons. The van der Waals surface area contributed by atoms with E-state index in [4.69, 9.17) is 0 Å². The second-order valence-electron chi connectivity index (χ2n) is 11.3. The Hall–Kier alpha value is -4.28. The zero-order valence-electron chi connectivity index (χ0n) is 23.8. The molecule has 6 rings (SSSR count). The molecule has 2 aliphatic heterocycles. The van der Waals surface area contributed by atoms with Gasteiger partial charge in [0, 0.05) is 13.1 Å². The van der Waals surface area contributed by atoms with E-state index in [0.29, 0.717) is 13.1 Å². The third kappa shape index (κ3) is 5.35. The van der Waals surface area contributed by atoms with Gasteiger partial charge in [0.15, 0.2) is 0 Å². The Morgan fingerprint density at radius 2 is 1.05 bits per heavy atom. The Morgan fingerprint density at radius 3 is 1.40 bits per heavy atom. The summed E-state index contributed by atoms with van der Waals surface area (Å²) in [4.78, 5) is 44.1. The van der Waals surface area contributed by atoms with Crippen molar-refractivity contribution < 1.29 is 19.8 Å². The molecule has 42 heavy (non-hydrogen) atoms. The van der Waals surface area contributed by atoms with Crippen molar-refractivity contribution in [1.29, 1.82) is 0 Å². The zero-order chi connectivity index (χ0) is 29.4. The number of aliphatic hydroxyl groups is 2. The summed E-state index contributed by atoms with van der Waals surface area (Å²) in [5.74, 6) is 0.966. The highest BCUT2D eigenvalue weighted by atomic mass is 16.3. The Morgan fingerprint density at radius 1 is 0.690 bits per heavy atom. The topological polar surface area (TPSA) is 138 Å². The third-order valence-electron chi connectivity index (χ3n) is 8.33. The van der Waals surface area contributed by atoms with Crippen LogP contribution in [0.4, 0.5) is 0 Å². The number of aromatic amines is 2. The minimum absolute atomic E-state index is 0.145. The molecule has 0 saturated carbocycles. The van der Waals surface area contributed by atoms with E-state index < -0.39 is 12.2 Å². The number of benzene rings is 2. The fourth-order valence-corrected chi connectivity index (χ4v) is 6.10. The summed E-state index contributed by atoms with van der Waals surface area (Å²) in [5.41, 5.74) is 5.93. The van der Waals surface area contributed by atoms with Gasteiger partial charge in [-0.2, -0.15) is 0 Å². The lowest BCUT2D eigenvalue weighted by Gasteiger charge is -2.24. The van der Waals surface area contributed by atoms with Gasteiger partial charge >= 0.3 is 0 Å². The minimum atomic E-state index is -1.02. The van der Waals surface area contributed by atoms with Crippen LogP contribution in [0.25, 0.3) is 33.6 Å². The lowest BCUT2D eigenvalue weighted by Crippen LogP contribution is -2.37. The van der Waals surface area contributed by atoms with E-state index in [0.717, 1.165) is 71.0 Å². The van der Waals surface area contributed by atoms with Gasteiger partial charge in [-0.05, 0) is 61.8 Å². The van der Waals surface area contributed by atoms with Gasteiger partial charge in [0.1, 0.15) is 23.9 Å². The van der Waals surface area contributed by atoms with E-state index in [1.807, 2.05) is 0 Å². The largest absolute Gasteiger partial charge is 0.384 e. The first-order chi connectivity index (χ1) is 20.3. The average molecular weight is 569 g/mol. The van der Waals surface area contributed by atoms with Gasteiger partial charge in [0.25, 0.3) is 11.8 Å². The van der Waals surface area contributed by atoms with Crippen molar-refractivity contribution in [3.8, 4) is 33.6 Å². The number of aromatic nitrogens is 4. The number of amides is 2. The molecule has 218 valence electrons. The first-order valence-electron chi connectivity index (χ1n) is 14.6. The Bertz CT molecular complexity index is 1440. The number of hydrogen-bond donors (Lipinski definition) is 4. The monoisotopic (exact) mass is 568 g/mol. The van der Waals surface area contributed by atoms with Crippen molar-refractivity contribution >= 4 is 11.8 Å². The summed E-state index contributed by atoms with van der Waals surface area (Å²) >= 11 is 0. The predicted octanol–water partition coefficient (Wildman–Crippen LogP) is 4.22. The van der Waals surface area contributed by atoms with Crippen molar-refractivity contribution in [3.05, 3.63) is 72.6 Å². The highest BCUT2D eigenvalue weighted by Gasteiger charge is 2.34. The third-order valence-corrected chi connectivity index (χ3v) is 8.33. The summed E-state index contributed by atoms with van der Waals surface area (Å²) in [6.07, 6.45) is 4.98. The van der Waals surface area contributed by atoms with E-state index in [2.05, 4.69) is 68.5 Å². The normalized spacial score (nSPS) is 20.2. The quantitative estimate of drug-likeness (QED) is 0.263. The number of rotatable bonds is 7. The van der Waals surface area contributed by atoms with Gasteiger partial charge < -0.3 is 30.0 Å². The zero-order valence-corrected chi connectivity index (χ0v) is 23.8. The lowest BCUT2D eigenvalue weighted by molar-refractivity contribution is -0.140. The first kappa shape index (κ1) is 27.9. The molecule has 0 aliphatic carbocycles. The summed E-state index contributed by atoms with van der Waals surface area (Å²) in [6, 6.07) is 16.2. The molecule has 2 fully saturated rings. The molecule has 10 nitrogen and oxygen atoms in total. The second-order valence-corrected chi connectivity index (χ2v) is 11.3. The summed E-state index contributed by atoms with van der Waals surface area (Å²) in [6.45, 7) is 4.26. The highest BCUT2D eigenvalue weighted by molar-refractivity contribution is 5.81. The molecular weight excluding hydrogens is 532 g/mol. The number of nitrogens with zero attached hydrogens (tertiary/aromatic N) is 4. The van der Waals surface area contributed by atoms with Crippen molar-refractivity contribution in [2.75, 3.05) is 13.1 Å². The van der Waals surface area contributed by atoms with Crippen molar-refractivity contribution in [2.24, 2.45) is 0 Å². The maximum absolute atomic E-state index is 12.4. The Labute approximate surface area is 244 Å². The molecule has 4 atom stereocenters. The van der Waals surface area contributed by atoms with Crippen molar-refractivity contribution in [3.63, 3.8) is 0 Å². The molecule has 4 aromatic rings. The molecule has 4 heterocycles. The van der Waals surface area contributed by atoms with Gasteiger partial charge in [-0.25, -0.2) is 9.97 Å². The maximum Gasteiger partial charge on any atom is 0.251 e. The van der Waals surface area contributed by atoms with Crippen LogP contribution in [0.5, 0.6) is 0 Å². The second kappa shape index (κ2) is 11.5. The number of likely N-dealkylation sites (tertiary alicyclic amines) is 2. The van der Waals surface area contributed by atoms with Gasteiger partial charge in [0.05, 0.1) is 35.9 Å². The SMILES string of the molecule is CC(O)C(=O)N1CCC[C@H]1c1ncc(-c2ccc(-c3ccc(-c4cnc([C@@H]5CCCN5C(=O)[C@@H](C)O)[nH]4)cc3)cc2)[nH]1. The fourth-order valence-electron chi connectivity index (χ4n) is 6.10. The van der Waals surface area contributed by atoms with Crippen LogP contribution in [0.15, 0.2) is 60.9 Å². The predicted molar refractivity (Wildman–Crippen MR) is 158 cm³/mol. The summed E-state index contributed by atoms with van der Waals surface area (Å²) in [7, 11) is 0. The molecule has 2 saturated heterocycles. The standard InChI is InChI=1S/C32H36N6O4/c1-19(39)31(41)37-15-3-5-27(37)29-33-17-25(35-29)23-11-7-21(8-12-23)22-9-13-24(14-10-22)26-18-34-30(36-26)28-6-4-16-38(28)32(42)20(2)40/h7-14,17-20,27-28,39-40H,3-6,15-16H2,1-2H3,(H,33,35)(H,34,36)/t19-,20?,27+,28+/m1/s1. The minimum Gasteiger partial charge on any atom is -0.384 e. The maximum atomic E-state index is 12.4. The highest BCUT2D eigenvalue weighted by Crippen LogP contribution is 2.34. The van der Waals surface area contributed by atoms with Crippen LogP contribution in [-0.2, 0) is 9.59 Å². The van der Waals surface area contributed by atoms with Gasteiger partial charge in [-0.3, -0.25) is 9.59 Å². The van der Waals surface area contributed by atoms with Crippen LogP contribution in [0.2, 0.25) is 0 Å². The average Bonchev–Trinajstić information content (AvgIpc) is 3.82. The van der Waals surface area contributed by atoms with Crippen LogP contribution in [-0.4, -0.2) is 77.1 Å². The number of carbonyl (C=O) groups is 2. The first-order valence-corrected chi connectivity index (χ1v) is 14.6. The Kier molecular flexibility index (Phi) is 7.66. The van der Waals surface area contributed by atoms with E-state index >= 15 is 0 Å². The molecule has 1 unspecified atom stereocenters. The van der Waals surface area contributed by atoms with E-state index in [9.17, 15) is 19.8 Å². The number of aliphatic hydroxyl groups excluding tert-OH is 2. The van der Waals surface area contributed by atoms with Crippen LogP contribution in [0.1, 0.15) is 63.3 Å². The van der Waals surface area contributed by atoms with Crippen LogP contribution in [0, 0.1) is 0 Å². The Balaban J connectivity index is 1.13. The molecule has 2 aromatic carbocycles. The molecule has 2 aromatic heterocycles. The van der Waals surface area contributed by atoms with E-state index in [1.54, 1.807) is 22.2 Å².